The molecule has 0 N–H and O–H groups in total. The van der Waals surface area contributed by atoms with Crippen LogP contribution in [0.2, 0.25) is 0 Å². The monoisotopic (exact) mass is 357 g/mol. The minimum Gasteiger partial charge on any atom is -0.441 e. The lowest BCUT2D eigenvalue weighted by Gasteiger charge is -2.01. The average molecular weight is 357 g/mol. The van der Waals surface area contributed by atoms with E-state index in [4.69, 9.17) is 9.15 Å². The number of aromatic nitrogens is 1. The molecule has 1 aromatic carbocycles. The Hall–Kier alpha value is -2.27. The highest BCUT2D eigenvalue weighted by atomic mass is 16.5. The van der Waals surface area contributed by atoms with E-state index in [1.54, 1.807) is 6.92 Å². The van der Waals surface area contributed by atoms with Crippen molar-refractivity contribution in [3.63, 3.8) is 0 Å². The molecule has 0 aliphatic rings. The number of carbonyl (C=O) groups excluding carboxylic acids is 2. The first-order valence-corrected chi connectivity index (χ1v) is 9.14. The number of hydrogen-bond acceptors (Lipinski definition) is 5. The van der Waals surface area contributed by atoms with Crippen molar-refractivity contribution in [3.8, 4) is 11.5 Å². The molecule has 0 spiro atoms. The molecular formula is C21H27NO4. The van der Waals surface area contributed by atoms with Gasteiger partial charge < -0.3 is 9.15 Å². The van der Waals surface area contributed by atoms with Gasteiger partial charge in [-0.1, -0.05) is 17.7 Å². The lowest BCUT2D eigenvalue weighted by atomic mass is 10.1. The zero-order valence-electron chi connectivity index (χ0n) is 15.8. The molecule has 140 valence electrons. The highest BCUT2D eigenvalue weighted by Crippen LogP contribution is 2.22. The highest BCUT2D eigenvalue weighted by Gasteiger charge is 2.16. The number of hydrogen-bond donors (Lipinski definition) is 0. The van der Waals surface area contributed by atoms with Gasteiger partial charge in [0.1, 0.15) is 17.3 Å². The van der Waals surface area contributed by atoms with E-state index in [0.29, 0.717) is 37.0 Å². The third kappa shape index (κ3) is 6.23. The molecule has 5 heteroatoms. The summed E-state index contributed by atoms with van der Waals surface area (Å²) in [5, 5.41) is 0. The number of Topliss-reactive ketones (excluding diaryl/α,β-unsaturated/α-hetero) is 2. The van der Waals surface area contributed by atoms with E-state index in [2.05, 4.69) is 4.98 Å². The van der Waals surface area contributed by atoms with Gasteiger partial charge in [-0.05, 0) is 45.7 Å². The molecule has 0 amide bonds. The van der Waals surface area contributed by atoms with E-state index >= 15 is 0 Å². The number of ketones is 2. The molecule has 0 atom stereocenters. The van der Waals surface area contributed by atoms with Crippen LogP contribution >= 0.6 is 0 Å². The van der Waals surface area contributed by atoms with Crippen molar-refractivity contribution in [3.05, 3.63) is 41.3 Å². The smallest absolute Gasteiger partial charge is 0.226 e. The Morgan fingerprint density at radius 1 is 1.08 bits per heavy atom. The highest BCUT2D eigenvalue weighted by molar-refractivity contribution is 5.99. The SMILES string of the molecule is CCOCCCCC(=O)CC(=O)Cc1nc(-c2ccc(C)cc2)oc1C. The van der Waals surface area contributed by atoms with Gasteiger partial charge in [0, 0.05) is 25.2 Å². The van der Waals surface area contributed by atoms with E-state index in [0.717, 1.165) is 24.0 Å². The van der Waals surface area contributed by atoms with E-state index in [9.17, 15) is 9.59 Å². The van der Waals surface area contributed by atoms with E-state index in [-0.39, 0.29) is 24.4 Å². The molecule has 2 rings (SSSR count). The van der Waals surface area contributed by atoms with Gasteiger partial charge in [0.05, 0.1) is 18.5 Å². The number of benzene rings is 1. The topological polar surface area (TPSA) is 69.4 Å². The fourth-order valence-corrected chi connectivity index (χ4v) is 2.64. The first-order valence-electron chi connectivity index (χ1n) is 9.14. The predicted octanol–water partition coefficient (Wildman–Crippen LogP) is 4.24. The Bertz CT molecular complexity index is 731. The fraction of sp³-hybridized carbons (Fsp3) is 0.476. The normalized spacial score (nSPS) is 10.9. The number of aryl methyl sites for hydroxylation is 2. The van der Waals surface area contributed by atoms with Gasteiger partial charge in [-0.2, -0.15) is 0 Å². The maximum absolute atomic E-state index is 12.2. The lowest BCUT2D eigenvalue weighted by Crippen LogP contribution is -2.11. The van der Waals surface area contributed by atoms with Gasteiger partial charge >= 0.3 is 0 Å². The fourth-order valence-electron chi connectivity index (χ4n) is 2.64. The summed E-state index contributed by atoms with van der Waals surface area (Å²) in [6, 6.07) is 7.86. The van der Waals surface area contributed by atoms with Gasteiger partial charge in [0.2, 0.25) is 5.89 Å². The van der Waals surface area contributed by atoms with E-state index in [1.165, 1.54) is 0 Å². The summed E-state index contributed by atoms with van der Waals surface area (Å²) in [6.07, 6.45) is 2.11. The van der Waals surface area contributed by atoms with Crippen LogP contribution in [0, 0.1) is 13.8 Å². The summed E-state index contributed by atoms with van der Waals surface area (Å²) in [4.78, 5) is 28.5. The van der Waals surface area contributed by atoms with Gasteiger partial charge in [-0.15, -0.1) is 0 Å². The zero-order valence-corrected chi connectivity index (χ0v) is 15.8. The Balaban J connectivity index is 1.85. The van der Waals surface area contributed by atoms with Gasteiger partial charge in [0.15, 0.2) is 0 Å². The lowest BCUT2D eigenvalue weighted by molar-refractivity contribution is -0.126. The molecule has 0 saturated heterocycles. The maximum Gasteiger partial charge on any atom is 0.226 e. The van der Waals surface area contributed by atoms with Crippen molar-refractivity contribution in [1.82, 2.24) is 4.98 Å². The predicted molar refractivity (Wildman–Crippen MR) is 100 cm³/mol. The van der Waals surface area contributed by atoms with Crippen LogP contribution in [0.25, 0.3) is 11.5 Å². The summed E-state index contributed by atoms with van der Waals surface area (Å²) in [5.41, 5.74) is 2.64. The number of ether oxygens (including phenoxy) is 1. The molecule has 1 aromatic heterocycles. The second kappa shape index (κ2) is 10.0. The Morgan fingerprint density at radius 3 is 2.50 bits per heavy atom. The van der Waals surface area contributed by atoms with Crippen LogP contribution in [0.3, 0.4) is 0 Å². The van der Waals surface area contributed by atoms with Crippen LogP contribution in [-0.4, -0.2) is 29.8 Å². The molecule has 0 aliphatic heterocycles. The molecule has 5 nitrogen and oxygen atoms in total. The molecule has 26 heavy (non-hydrogen) atoms. The van der Waals surface area contributed by atoms with Crippen LogP contribution in [-0.2, 0) is 20.7 Å². The standard InChI is InChI=1S/C21H27NO4/c1-4-25-12-6-5-7-18(23)13-19(24)14-20-16(3)26-21(22-20)17-10-8-15(2)9-11-17/h8-11H,4-7,12-14H2,1-3H3. The number of rotatable bonds is 11. The molecule has 0 aliphatic carbocycles. The van der Waals surface area contributed by atoms with Crippen LogP contribution in [0.5, 0.6) is 0 Å². The molecule has 0 unspecified atom stereocenters. The van der Waals surface area contributed by atoms with Crippen LogP contribution in [0.4, 0.5) is 0 Å². The van der Waals surface area contributed by atoms with Crippen molar-refractivity contribution in [2.24, 2.45) is 0 Å². The van der Waals surface area contributed by atoms with E-state index < -0.39 is 0 Å². The van der Waals surface area contributed by atoms with Gasteiger partial charge in [-0.3, -0.25) is 9.59 Å². The summed E-state index contributed by atoms with van der Waals surface area (Å²) < 4.78 is 10.9. The number of carbonyl (C=O) groups is 2. The minimum atomic E-state index is -0.119. The molecule has 0 bridgehead atoms. The summed E-state index contributed by atoms with van der Waals surface area (Å²) in [6.45, 7) is 7.11. The summed E-state index contributed by atoms with van der Waals surface area (Å²) >= 11 is 0. The number of oxazole rings is 1. The summed E-state index contributed by atoms with van der Waals surface area (Å²) in [5.74, 6) is 0.990. The molecular weight excluding hydrogens is 330 g/mol. The largest absolute Gasteiger partial charge is 0.441 e. The minimum absolute atomic E-state index is 0.0218. The Kier molecular flexibility index (Phi) is 7.73. The first-order chi connectivity index (χ1) is 12.5. The van der Waals surface area contributed by atoms with Crippen LogP contribution in [0.15, 0.2) is 28.7 Å². The van der Waals surface area contributed by atoms with Crippen molar-refractivity contribution in [1.29, 1.82) is 0 Å². The summed E-state index contributed by atoms with van der Waals surface area (Å²) in [7, 11) is 0. The maximum atomic E-state index is 12.2. The second-order valence-corrected chi connectivity index (χ2v) is 6.47. The molecule has 0 saturated carbocycles. The third-order valence-electron chi connectivity index (χ3n) is 4.15. The van der Waals surface area contributed by atoms with Crippen molar-refractivity contribution < 1.29 is 18.7 Å². The Labute approximate surface area is 154 Å². The van der Waals surface area contributed by atoms with E-state index in [1.807, 2.05) is 38.1 Å². The van der Waals surface area contributed by atoms with Crippen LogP contribution < -0.4 is 0 Å². The second-order valence-electron chi connectivity index (χ2n) is 6.47. The Morgan fingerprint density at radius 2 is 1.81 bits per heavy atom. The zero-order chi connectivity index (χ0) is 18.9. The van der Waals surface area contributed by atoms with Crippen molar-refractivity contribution in [2.75, 3.05) is 13.2 Å². The number of nitrogens with zero attached hydrogens (tertiary/aromatic N) is 1. The van der Waals surface area contributed by atoms with Crippen LogP contribution in [0.1, 0.15) is 49.6 Å². The average Bonchev–Trinajstić information content (AvgIpc) is 2.95. The molecule has 1 heterocycles. The molecule has 0 fully saturated rings. The van der Waals surface area contributed by atoms with Crippen molar-refractivity contribution >= 4 is 11.6 Å². The van der Waals surface area contributed by atoms with Gasteiger partial charge in [-0.25, -0.2) is 4.98 Å². The van der Waals surface area contributed by atoms with Gasteiger partial charge in [0.25, 0.3) is 0 Å². The quantitative estimate of drug-likeness (QED) is 0.444. The molecule has 0 radical (unpaired) electrons. The number of unbranched alkanes of at least 4 members (excludes halogenated alkanes) is 1. The third-order valence-corrected chi connectivity index (χ3v) is 4.15. The first kappa shape index (κ1) is 20.0. The van der Waals surface area contributed by atoms with Crippen molar-refractivity contribution in [2.45, 2.75) is 52.9 Å². The molecule has 2 aromatic rings.